The molecule has 9 heteroatoms. The van der Waals surface area contributed by atoms with Crippen LogP contribution in [0.2, 0.25) is 0 Å². The van der Waals surface area contributed by atoms with Gasteiger partial charge in [-0.1, -0.05) is 49.4 Å². The van der Waals surface area contributed by atoms with Crippen LogP contribution in [0.1, 0.15) is 54.4 Å². The van der Waals surface area contributed by atoms with Gasteiger partial charge in [0.15, 0.2) is 0 Å². The molecule has 1 aliphatic heterocycles. The van der Waals surface area contributed by atoms with Gasteiger partial charge < -0.3 is 10.2 Å². The number of hydrogen-bond donors (Lipinski definition) is 2. The Labute approximate surface area is 202 Å². The molecule has 0 spiro atoms. The molecule has 1 atom stereocenters. The summed E-state index contributed by atoms with van der Waals surface area (Å²) in [7, 11) is 0. The van der Waals surface area contributed by atoms with Crippen molar-refractivity contribution in [3.8, 4) is 0 Å². The summed E-state index contributed by atoms with van der Waals surface area (Å²) in [5.74, 6) is -0.469. The van der Waals surface area contributed by atoms with Gasteiger partial charge in [-0.15, -0.1) is 10.2 Å². The van der Waals surface area contributed by atoms with Crippen LogP contribution in [0, 0.1) is 5.92 Å². The number of amides is 3. The summed E-state index contributed by atoms with van der Waals surface area (Å²) in [5.41, 5.74) is 1.85. The predicted molar refractivity (Wildman–Crippen MR) is 133 cm³/mol. The van der Waals surface area contributed by atoms with E-state index in [4.69, 9.17) is 0 Å². The van der Waals surface area contributed by atoms with Crippen molar-refractivity contribution in [2.24, 2.45) is 5.92 Å². The molecule has 0 aliphatic carbocycles. The van der Waals surface area contributed by atoms with Crippen molar-refractivity contribution in [2.45, 2.75) is 39.0 Å². The molecule has 8 nitrogen and oxygen atoms in total. The zero-order valence-electron chi connectivity index (χ0n) is 19.2. The minimum absolute atomic E-state index is 0.0456. The van der Waals surface area contributed by atoms with Crippen LogP contribution in [0.15, 0.2) is 54.6 Å². The fraction of sp³-hybridized carbons (Fsp3) is 0.320. The average molecular weight is 478 g/mol. The SMILES string of the molecule is CCC(CC)C(=O)Nc1cccc(C(=O)Nc2nnc([C@H]3CC(=O)N(c4ccccc4)C3)s2)c1. The number of hydrogen-bond acceptors (Lipinski definition) is 6. The van der Waals surface area contributed by atoms with E-state index in [1.54, 1.807) is 29.2 Å². The molecule has 176 valence electrons. The summed E-state index contributed by atoms with van der Waals surface area (Å²) in [6.45, 7) is 4.49. The fourth-order valence-electron chi connectivity index (χ4n) is 3.99. The van der Waals surface area contributed by atoms with Crippen molar-refractivity contribution < 1.29 is 14.4 Å². The number of benzene rings is 2. The molecular formula is C25H27N5O3S. The van der Waals surface area contributed by atoms with E-state index in [1.807, 2.05) is 44.2 Å². The van der Waals surface area contributed by atoms with Gasteiger partial charge >= 0.3 is 0 Å². The second kappa shape index (κ2) is 10.6. The van der Waals surface area contributed by atoms with Gasteiger partial charge in [-0.05, 0) is 43.2 Å². The number of para-hydroxylation sites is 1. The summed E-state index contributed by atoms with van der Waals surface area (Å²) in [4.78, 5) is 39.4. The van der Waals surface area contributed by atoms with Crippen molar-refractivity contribution in [3.63, 3.8) is 0 Å². The number of rotatable bonds is 8. The third kappa shape index (κ3) is 5.31. The number of nitrogens with one attached hydrogen (secondary N) is 2. The lowest BCUT2D eigenvalue weighted by Gasteiger charge is -2.15. The molecule has 1 saturated heterocycles. The highest BCUT2D eigenvalue weighted by molar-refractivity contribution is 7.15. The highest BCUT2D eigenvalue weighted by atomic mass is 32.1. The standard InChI is InChI=1S/C25H27N5O3S/c1-3-16(4-2)22(32)26-19-10-8-9-17(13-19)23(33)27-25-29-28-24(34-25)18-14-21(31)30(15-18)20-11-6-5-7-12-20/h5-13,16,18H,3-4,14-15H2,1-2H3,(H,26,32)(H,27,29,33)/t18-/m0/s1. The summed E-state index contributed by atoms with van der Waals surface area (Å²) in [5, 5.41) is 15.1. The second-order valence-corrected chi connectivity index (χ2v) is 9.23. The third-order valence-electron chi connectivity index (χ3n) is 5.95. The highest BCUT2D eigenvalue weighted by Gasteiger charge is 2.34. The normalized spacial score (nSPS) is 15.6. The average Bonchev–Trinajstić information content (AvgIpc) is 3.47. The first-order valence-corrected chi connectivity index (χ1v) is 12.2. The maximum Gasteiger partial charge on any atom is 0.257 e. The molecule has 1 aliphatic rings. The lowest BCUT2D eigenvalue weighted by Crippen LogP contribution is -2.24. The lowest BCUT2D eigenvalue weighted by molar-refractivity contribution is -0.120. The summed E-state index contributed by atoms with van der Waals surface area (Å²) >= 11 is 1.27. The van der Waals surface area contributed by atoms with E-state index in [2.05, 4.69) is 20.8 Å². The van der Waals surface area contributed by atoms with Gasteiger partial charge in [0.2, 0.25) is 16.9 Å². The Morgan fingerprint density at radius 3 is 2.56 bits per heavy atom. The van der Waals surface area contributed by atoms with E-state index in [9.17, 15) is 14.4 Å². The number of nitrogens with zero attached hydrogens (tertiary/aromatic N) is 3. The van der Waals surface area contributed by atoms with Crippen LogP contribution in [0.5, 0.6) is 0 Å². The number of aromatic nitrogens is 2. The largest absolute Gasteiger partial charge is 0.326 e. The molecule has 1 fully saturated rings. The Morgan fingerprint density at radius 2 is 1.82 bits per heavy atom. The molecule has 0 unspecified atom stereocenters. The van der Waals surface area contributed by atoms with Gasteiger partial charge in [-0.3, -0.25) is 19.7 Å². The maximum absolute atomic E-state index is 12.8. The first-order valence-electron chi connectivity index (χ1n) is 11.4. The van der Waals surface area contributed by atoms with Gasteiger partial charge in [-0.25, -0.2) is 0 Å². The zero-order chi connectivity index (χ0) is 24.1. The molecule has 0 saturated carbocycles. The predicted octanol–water partition coefficient (Wildman–Crippen LogP) is 4.69. The monoisotopic (exact) mass is 477 g/mol. The van der Waals surface area contributed by atoms with Gasteiger partial charge in [0, 0.05) is 41.7 Å². The maximum atomic E-state index is 12.8. The number of anilines is 3. The minimum atomic E-state index is -0.338. The van der Waals surface area contributed by atoms with Crippen LogP contribution in [-0.4, -0.2) is 34.5 Å². The fourth-order valence-corrected chi connectivity index (χ4v) is 4.82. The first-order chi connectivity index (χ1) is 16.5. The van der Waals surface area contributed by atoms with Crippen molar-refractivity contribution >= 4 is 45.6 Å². The molecule has 2 aromatic carbocycles. The second-order valence-electron chi connectivity index (χ2n) is 8.22. The van der Waals surface area contributed by atoms with E-state index in [1.165, 1.54) is 11.3 Å². The third-order valence-corrected chi connectivity index (χ3v) is 6.95. The van der Waals surface area contributed by atoms with Crippen LogP contribution >= 0.6 is 11.3 Å². The Morgan fingerprint density at radius 1 is 1.06 bits per heavy atom. The molecule has 34 heavy (non-hydrogen) atoms. The Balaban J connectivity index is 1.39. The quantitative estimate of drug-likeness (QED) is 0.490. The molecule has 2 heterocycles. The van der Waals surface area contributed by atoms with Crippen LogP contribution in [-0.2, 0) is 9.59 Å². The summed E-state index contributed by atoms with van der Waals surface area (Å²) in [6, 6.07) is 16.4. The zero-order valence-corrected chi connectivity index (χ0v) is 20.0. The van der Waals surface area contributed by atoms with Crippen molar-refractivity contribution in [2.75, 3.05) is 22.1 Å². The summed E-state index contributed by atoms with van der Waals surface area (Å²) < 4.78 is 0. The number of carbonyl (C=O) groups excluding carboxylic acids is 3. The molecule has 4 rings (SSSR count). The molecule has 1 aromatic heterocycles. The van der Waals surface area contributed by atoms with Gasteiger partial charge in [0.1, 0.15) is 5.01 Å². The Bertz CT molecular complexity index is 1180. The van der Waals surface area contributed by atoms with Crippen LogP contribution in [0.3, 0.4) is 0 Å². The minimum Gasteiger partial charge on any atom is -0.326 e. The number of carbonyl (C=O) groups is 3. The first kappa shape index (κ1) is 23.6. The Hall–Kier alpha value is -3.59. The van der Waals surface area contributed by atoms with Crippen molar-refractivity contribution in [1.29, 1.82) is 0 Å². The van der Waals surface area contributed by atoms with Crippen LogP contribution < -0.4 is 15.5 Å². The Kier molecular flexibility index (Phi) is 7.32. The van der Waals surface area contributed by atoms with Crippen LogP contribution in [0.4, 0.5) is 16.5 Å². The molecule has 0 bridgehead atoms. The van der Waals surface area contributed by atoms with Crippen LogP contribution in [0.25, 0.3) is 0 Å². The van der Waals surface area contributed by atoms with Gasteiger partial charge in [0.25, 0.3) is 5.91 Å². The topological polar surface area (TPSA) is 104 Å². The van der Waals surface area contributed by atoms with E-state index in [0.29, 0.717) is 34.4 Å². The molecular weight excluding hydrogens is 450 g/mol. The van der Waals surface area contributed by atoms with Gasteiger partial charge in [-0.2, -0.15) is 0 Å². The molecule has 0 radical (unpaired) electrons. The van der Waals surface area contributed by atoms with Gasteiger partial charge in [0.05, 0.1) is 0 Å². The van der Waals surface area contributed by atoms with E-state index < -0.39 is 0 Å². The molecule has 3 amide bonds. The van der Waals surface area contributed by atoms with E-state index in [0.717, 1.165) is 18.5 Å². The van der Waals surface area contributed by atoms with Crippen molar-refractivity contribution in [3.05, 3.63) is 65.2 Å². The van der Waals surface area contributed by atoms with E-state index >= 15 is 0 Å². The molecule has 3 aromatic rings. The van der Waals surface area contributed by atoms with E-state index in [-0.39, 0.29) is 29.6 Å². The van der Waals surface area contributed by atoms with Crippen molar-refractivity contribution in [1.82, 2.24) is 10.2 Å². The molecule has 2 N–H and O–H groups in total. The summed E-state index contributed by atoms with van der Waals surface area (Å²) in [6.07, 6.45) is 1.88. The highest BCUT2D eigenvalue weighted by Crippen LogP contribution is 2.34. The lowest BCUT2D eigenvalue weighted by atomic mass is 10.0. The smallest absolute Gasteiger partial charge is 0.257 e.